The molecule has 0 aliphatic carbocycles. The fourth-order valence-electron chi connectivity index (χ4n) is 1.70. The number of carbonyl (C=O) groups is 2. The van der Waals surface area contributed by atoms with E-state index in [1.54, 1.807) is 30.5 Å². The van der Waals surface area contributed by atoms with E-state index in [-0.39, 0.29) is 34.9 Å². The Kier molecular flexibility index (Phi) is 6.51. The third-order valence-electron chi connectivity index (χ3n) is 2.63. The number of ketones is 1. The van der Waals surface area contributed by atoms with Crippen molar-refractivity contribution in [2.45, 2.75) is 6.54 Å². The largest absolute Gasteiger partial charge is 1.00 e. The molecule has 0 fully saturated rings. The molecule has 0 radical (unpaired) electrons. The van der Waals surface area contributed by atoms with Gasteiger partial charge in [-0.25, -0.2) is 4.79 Å². The van der Waals surface area contributed by atoms with Crippen molar-refractivity contribution >= 4 is 39.3 Å². The zero-order valence-corrected chi connectivity index (χ0v) is 14.5. The molecule has 0 atom stereocenters. The summed E-state index contributed by atoms with van der Waals surface area (Å²) in [5, 5.41) is 9.54. The van der Waals surface area contributed by atoms with Crippen molar-refractivity contribution in [1.29, 1.82) is 0 Å². The van der Waals surface area contributed by atoms with E-state index in [1.807, 2.05) is 0 Å². The minimum absolute atomic E-state index is 0. The second-order valence-corrected chi connectivity index (χ2v) is 5.50. The fraction of sp³-hybridized carbons (Fsp3) is 0.0714. The summed E-state index contributed by atoms with van der Waals surface area (Å²) in [7, 11) is 0. The second kappa shape index (κ2) is 7.68. The van der Waals surface area contributed by atoms with Crippen LogP contribution in [0.3, 0.4) is 0 Å². The van der Waals surface area contributed by atoms with E-state index in [2.05, 4.69) is 15.9 Å². The first kappa shape index (κ1) is 17.8. The summed E-state index contributed by atoms with van der Waals surface area (Å²) < 4.78 is 2.13. The number of carbonyl (C=O) groups excluding carboxylic acids is 1. The van der Waals surface area contributed by atoms with Crippen LogP contribution in [-0.2, 0) is 6.54 Å². The molecule has 2 rings (SSSR count). The molecule has 0 aliphatic rings. The van der Waals surface area contributed by atoms with E-state index in [1.165, 1.54) is 16.8 Å². The molecular weight excluding hydrogens is 425 g/mol. The number of Topliss-reactive ketones (excluding diaryl/α,β-unsaturated/α-hetero) is 1. The standard InChI is InChI=1S/C14H9BrClNO3.BrH/c15-11-5-10(14(19)20)6-17(7-11)8-13(18)9-1-3-12(16)4-2-9;/h1-7H,8H2;1H. The van der Waals surface area contributed by atoms with Crippen molar-refractivity contribution in [3.63, 3.8) is 0 Å². The van der Waals surface area contributed by atoms with Gasteiger partial charge in [0.1, 0.15) is 5.56 Å². The van der Waals surface area contributed by atoms with Crippen molar-refractivity contribution in [2.24, 2.45) is 0 Å². The van der Waals surface area contributed by atoms with Gasteiger partial charge in [0.05, 0.1) is 4.47 Å². The summed E-state index contributed by atoms with van der Waals surface area (Å²) in [4.78, 5) is 23.1. The Balaban J connectivity index is 0.00000220. The van der Waals surface area contributed by atoms with Crippen molar-refractivity contribution in [1.82, 2.24) is 0 Å². The molecule has 0 spiro atoms. The number of rotatable bonds is 4. The number of carboxylic acids is 1. The van der Waals surface area contributed by atoms with Crippen LogP contribution in [-0.4, -0.2) is 16.9 Å². The third-order valence-corrected chi connectivity index (χ3v) is 3.31. The van der Waals surface area contributed by atoms with Crippen LogP contribution in [0.1, 0.15) is 20.7 Å². The number of aromatic nitrogens is 1. The van der Waals surface area contributed by atoms with Gasteiger partial charge in [0.25, 0.3) is 0 Å². The summed E-state index contributed by atoms with van der Waals surface area (Å²) in [6.07, 6.45) is 3.07. The zero-order chi connectivity index (χ0) is 14.7. The Morgan fingerprint density at radius 1 is 1.14 bits per heavy atom. The van der Waals surface area contributed by atoms with Crippen LogP contribution in [0.4, 0.5) is 0 Å². The maximum absolute atomic E-state index is 12.1. The highest BCUT2D eigenvalue weighted by Gasteiger charge is 2.16. The van der Waals surface area contributed by atoms with E-state index in [9.17, 15) is 9.59 Å². The second-order valence-electron chi connectivity index (χ2n) is 4.15. The fourth-order valence-corrected chi connectivity index (χ4v) is 2.33. The predicted octanol–water partition coefficient (Wildman–Crippen LogP) is -0.0249. The molecule has 0 saturated carbocycles. The minimum Gasteiger partial charge on any atom is -1.00 e. The lowest BCUT2D eigenvalue weighted by atomic mass is 10.1. The lowest BCUT2D eigenvalue weighted by Gasteiger charge is -2.00. The average molecular weight is 435 g/mol. The maximum atomic E-state index is 12.1. The first-order chi connectivity index (χ1) is 9.45. The summed E-state index contributed by atoms with van der Waals surface area (Å²) in [6, 6.07) is 8.04. The molecule has 1 aromatic carbocycles. The summed E-state index contributed by atoms with van der Waals surface area (Å²) in [5.41, 5.74) is 0.641. The first-order valence-corrected chi connectivity index (χ1v) is 6.84. The molecule has 2 aromatic rings. The van der Waals surface area contributed by atoms with E-state index in [0.717, 1.165) is 0 Å². The van der Waals surface area contributed by atoms with Crippen LogP contribution in [0.5, 0.6) is 0 Å². The zero-order valence-electron chi connectivity index (χ0n) is 10.6. The quantitative estimate of drug-likeness (QED) is 0.542. The minimum atomic E-state index is -1.04. The number of hydrogen-bond acceptors (Lipinski definition) is 2. The van der Waals surface area contributed by atoms with Crippen molar-refractivity contribution in [3.8, 4) is 0 Å². The van der Waals surface area contributed by atoms with Crippen LogP contribution in [0.25, 0.3) is 0 Å². The van der Waals surface area contributed by atoms with Crippen LogP contribution in [0.15, 0.2) is 47.2 Å². The molecule has 1 heterocycles. The molecule has 110 valence electrons. The molecule has 4 nitrogen and oxygen atoms in total. The number of nitrogens with zero attached hydrogens (tertiary/aromatic N) is 1. The lowest BCUT2D eigenvalue weighted by molar-refractivity contribution is -0.683. The summed E-state index contributed by atoms with van der Waals surface area (Å²) in [6.45, 7) is 0.0569. The van der Waals surface area contributed by atoms with E-state index < -0.39 is 5.97 Å². The molecule has 0 saturated heterocycles. The van der Waals surface area contributed by atoms with E-state index in [0.29, 0.717) is 15.1 Å². The molecule has 0 aliphatic heterocycles. The van der Waals surface area contributed by atoms with Gasteiger partial charge >= 0.3 is 5.97 Å². The number of benzene rings is 1. The van der Waals surface area contributed by atoms with Gasteiger partial charge in [-0.3, -0.25) is 4.79 Å². The molecule has 21 heavy (non-hydrogen) atoms. The number of carboxylic acid groups (broad SMARTS) is 1. The van der Waals surface area contributed by atoms with Gasteiger partial charge in [-0.1, -0.05) is 11.6 Å². The van der Waals surface area contributed by atoms with Gasteiger partial charge < -0.3 is 22.1 Å². The third kappa shape index (κ3) is 4.91. The average Bonchev–Trinajstić information content (AvgIpc) is 2.38. The van der Waals surface area contributed by atoms with Gasteiger partial charge in [0, 0.05) is 10.6 Å². The van der Waals surface area contributed by atoms with Crippen LogP contribution < -0.4 is 21.5 Å². The smallest absolute Gasteiger partial charge is 0.341 e. The molecule has 0 amide bonds. The van der Waals surface area contributed by atoms with Gasteiger partial charge in [0.15, 0.2) is 12.4 Å². The first-order valence-electron chi connectivity index (χ1n) is 5.67. The summed E-state index contributed by atoms with van der Waals surface area (Å²) >= 11 is 8.99. The van der Waals surface area contributed by atoms with Crippen molar-refractivity contribution in [2.75, 3.05) is 0 Å². The normalized spacial score (nSPS) is 9.81. The lowest BCUT2D eigenvalue weighted by Crippen LogP contribution is -3.00. The van der Waals surface area contributed by atoms with E-state index >= 15 is 0 Å². The van der Waals surface area contributed by atoms with Crippen molar-refractivity contribution in [3.05, 3.63) is 63.3 Å². The number of aromatic carboxylic acids is 1. The van der Waals surface area contributed by atoms with Gasteiger partial charge in [-0.05, 0) is 46.3 Å². The summed E-state index contributed by atoms with van der Waals surface area (Å²) in [5.74, 6) is -1.17. The SMILES string of the molecule is O=C(O)c1cc(Br)c[n+](CC(=O)c2ccc(Cl)cc2)c1.[Br-]. The molecular formula is C14H10Br2ClNO3. The van der Waals surface area contributed by atoms with Crippen LogP contribution >= 0.6 is 27.5 Å². The van der Waals surface area contributed by atoms with Crippen LogP contribution in [0.2, 0.25) is 5.02 Å². The topological polar surface area (TPSA) is 58.2 Å². The van der Waals surface area contributed by atoms with Crippen LogP contribution in [0, 0.1) is 0 Å². The number of pyridine rings is 1. The van der Waals surface area contributed by atoms with E-state index in [4.69, 9.17) is 16.7 Å². The highest BCUT2D eigenvalue weighted by Crippen LogP contribution is 2.11. The Morgan fingerprint density at radius 3 is 2.33 bits per heavy atom. The molecule has 1 aromatic heterocycles. The van der Waals surface area contributed by atoms with Crippen molar-refractivity contribution < 1.29 is 36.2 Å². The van der Waals surface area contributed by atoms with Gasteiger partial charge in [-0.15, -0.1) is 0 Å². The molecule has 0 bridgehead atoms. The Morgan fingerprint density at radius 2 is 1.76 bits per heavy atom. The highest BCUT2D eigenvalue weighted by atomic mass is 79.9. The maximum Gasteiger partial charge on any atom is 0.341 e. The Labute approximate surface area is 145 Å². The number of hydrogen-bond donors (Lipinski definition) is 1. The Bertz CT molecular complexity index is 674. The predicted molar refractivity (Wildman–Crippen MR) is 77.1 cm³/mol. The monoisotopic (exact) mass is 433 g/mol. The van der Waals surface area contributed by atoms with Gasteiger partial charge in [-0.2, -0.15) is 4.57 Å². The number of halogens is 3. The van der Waals surface area contributed by atoms with Gasteiger partial charge in [0.2, 0.25) is 12.3 Å². The molecule has 0 unspecified atom stereocenters. The highest BCUT2D eigenvalue weighted by molar-refractivity contribution is 9.10. The Hall–Kier alpha value is -1.24. The molecule has 1 N–H and O–H groups in total. The molecule has 7 heteroatoms.